The maximum absolute atomic E-state index is 13.0. The lowest BCUT2D eigenvalue weighted by Crippen LogP contribution is -2.17. The number of phenols is 1. The van der Waals surface area contributed by atoms with Crippen molar-refractivity contribution in [1.29, 1.82) is 0 Å². The van der Waals surface area contributed by atoms with Gasteiger partial charge in [-0.3, -0.25) is 0 Å². The summed E-state index contributed by atoms with van der Waals surface area (Å²) in [4.78, 5) is 0. The van der Waals surface area contributed by atoms with Crippen molar-refractivity contribution in [3.05, 3.63) is 53.8 Å². The van der Waals surface area contributed by atoms with E-state index in [1.807, 2.05) is 0 Å². The Morgan fingerprint density at radius 1 is 1.05 bits per heavy atom. The molecule has 0 unspecified atom stereocenters. The van der Waals surface area contributed by atoms with E-state index >= 15 is 0 Å². The molecule has 0 aliphatic heterocycles. The zero-order valence-electron chi connectivity index (χ0n) is 10.6. The Bertz CT molecular complexity index is 611. The van der Waals surface area contributed by atoms with Crippen LogP contribution in [0.5, 0.6) is 11.5 Å². The molecule has 0 saturated heterocycles. The summed E-state index contributed by atoms with van der Waals surface area (Å²) in [5.41, 5.74) is 0.846. The average Bonchev–Trinajstić information content (AvgIpc) is 2.40. The largest absolute Gasteiger partial charge is 0.573 e. The summed E-state index contributed by atoms with van der Waals surface area (Å²) >= 11 is 0. The zero-order chi connectivity index (χ0) is 15.5. The van der Waals surface area contributed by atoms with Crippen molar-refractivity contribution in [2.75, 3.05) is 5.32 Å². The SMILES string of the molecule is Oc1ccc(F)cc1CNc1ccc(OC(F)(F)F)cc1. The molecule has 2 aromatic carbocycles. The molecule has 0 aliphatic rings. The van der Waals surface area contributed by atoms with Crippen molar-refractivity contribution in [2.45, 2.75) is 12.9 Å². The molecule has 2 N–H and O–H groups in total. The fourth-order valence-electron chi connectivity index (χ4n) is 1.67. The highest BCUT2D eigenvalue weighted by molar-refractivity contribution is 5.47. The Hall–Kier alpha value is -2.44. The molecule has 0 fully saturated rings. The first-order valence-electron chi connectivity index (χ1n) is 5.90. The molecule has 3 nitrogen and oxygen atoms in total. The maximum Gasteiger partial charge on any atom is 0.573 e. The predicted octanol–water partition coefficient (Wildman–Crippen LogP) is 4.04. The van der Waals surface area contributed by atoms with Crippen LogP contribution < -0.4 is 10.1 Å². The first kappa shape index (κ1) is 15.0. The van der Waals surface area contributed by atoms with Crippen LogP contribution in [-0.4, -0.2) is 11.5 Å². The minimum Gasteiger partial charge on any atom is -0.508 e. The van der Waals surface area contributed by atoms with Gasteiger partial charge in [0.25, 0.3) is 0 Å². The first-order chi connectivity index (χ1) is 9.83. The topological polar surface area (TPSA) is 41.5 Å². The average molecular weight is 301 g/mol. The van der Waals surface area contributed by atoms with Crippen molar-refractivity contribution in [2.24, 2.45) is 0 Å². The number of halogens is 4. The summed E-state index contributed by atoms with van der Waals surface area (Å²) in [6.45, 7) is 0.128. The number of rotatable bonds is 4. The summed E-state index contributed by atoms with van der Waals surface area (Å²) < 4.78 is 52.7. The molecule has 112 valence electrons. The van der Waals surface area contributed by atoms with Gasteiger partial charge in [-0.15, -0.1) is 13.2 Å². The van der Waals surface area contributed by atoms with Crippen molar-refractivity contribution >= 4 is 5.69 Å². The van der Waals surface area contributed by atoms with Crippen LogP contribution >= 0.6 is 0 Å². The van der Waals surface area contributed by atoms with Gasteiger partial charge >= 0.3 is 6.36 Å². The van der Waals surface area contributed by atoms with E-state index in [1.165, 1.54) is 24.3 Å². The van der Waals surface area contributed by atoms with Gasteiger partial charge in [0.05, 0.1) is 0 Å². The molecule has 0 atom stereocenters. The van der Waals surface area contributed by atoms with Crippen molar-refractivity contribution in [1.82, 2.24) is 0 Å². The van der Waals surface area contributed by atoms with Crippen molar-refractivity contribution in [3.63, 3.8) is 0 Å². The maximum atomic E-state index is 13.0. The number of phenolic OH excluding ortho intramolecular Hbond substituents is 1. The van der Waals surface area contributed by atoms with Crippen LogP contribution in [0, 0.1) is 5.82 Å². The van der Waals surface area contributed by atoms with Crippen LogP contribution in [0.3, 0.4) is 0 Å². The van der Waals surface area contributed by atoms with Crippen molar-refractivity contribution in [3.8, 4) is 11.5 Å². The predicted molar refractivity (Wildman–Crippen MR) is 68.5 cm³/mol. The van der Waals surface area contributed by atoms with E-state index < -0.39 is 12.2 Å². The number of benzene rings is 2. The first-order valence-corrected chi connectivity index (χ1v) is 5.90. The van der Waals surface area contributed by atoms with Gasteiger partial charge < -0.3 is 15.2 Å². The summed E-state index contributed by atoms with van der Waals surface area (Å²) in [5.74, 6) is -0.888. The smallest absolute Gasteiger partial charge is 0.508 e. The summed E-state index contributed by atoms with van der Waals surface area (Å²) in [5, 5.41) is 12.4. The molecule has 0 bridgehead atoms. The molecule has 0 aromatic heterocycles. The standard InChI is InChI=1S/C14H11F4NO2/c15-10-1-6-13(20)9(7-10)8-19-11-2-4-12(5-3-11)21-14(16,17)18/h1-7,19-20H,8H2. The molecule has 0 aliphatic carbocycles. The third-order valence-corrected chi connectivity index (χ3v) is 2.61. The van der Waals surface area contributed by atoms with Crippen LogP contribution in [0.1, 0.15) is 5.56 Å². The number of hydrogen-bond acceptors (Lipinski definition) is 3. The summed E-state index contributed by atoms with van der Waals surface area (Å²) in [6, 6.07) is 8.61. The lowest BCUT2D eigenvalue weighted by atomic mass is 10.2. The van der Waals surface area contributed by atoms with Gasteiger partial charge in [-0.2, -0.15) is 0 Å². The second-order valence-electron chi connectivity index (χ2n) is 4.20. The second-order valence-corrected chi connectivity index (χ2v) is 4.20. The van der Waals surface area contributed by atoms with Crippen LogP contribution in [-0.2, 0) is 6.54 Å². The molecule has 0 radical (unpaired) electrons. The molecular weight excluding hydrogens is 290 g/mol. The molecule has 0 heterocycles. The van der Waals surface area contributed by atoms with Gasteiger partial charge in [-0.25, -0.2) is 4.39 Å². The molecule has 0 spiro atoms. The molecule has 0 amide bonds. The van der Waals surface area contributed by atoms with Gasteiger partial charge in [-0.1, -0.05) is 0 Å². The molecule has 0 saturated carbocycles. The number of nitrogens with one attached hydrogen (secondary N) is 1. The number of ether oxygens (including phenoxy) is 1. The Morgan fingerprint density at radius 3 is 2.33 bits per heavy atom. The summed E-state index contributed by atoms with van der Waals surface area (Å²) in [7, 11) is 0. The highest BCUT2D eigenvalue weighted by Gasteiger charge is 2.30. The fraction of sp³-hybridized carbons (Fsp3) is 0.143. The van der Waals surface area contributed by atoms with E-state index in [-0.39, 0.29) is 18.0 Å². The van der Waals surface area contributed by atoms with E-state index in [2.05, 4.69) is 10.1 Å². The third kappa shape index (κ3) is 4.55. The van der Waals surface area contributed by atoms with E-state index in [4.69, 9.17) is 0 Å². The van der Waals surface area contributed by atoms with Crippen molar-refractivity contribution < 1.29 is 27.4 Å². The van der Waals surface area contributed by atoms with Gasteiger partial charge in [0.1, 0.15) is 17.3 Å². The molecule has 21 heavy (non-hydrogen) atoms. The number of anilines is 1. The molecular formula is C14H11F4NO2. The number of aromatic hydroxyl groups is 1. The van der Waals surface area contributed by atoms with Gasteiger partial charge in [0, 0.05) is 17.8 Å². The van der Waals surface area contributed by atoms with Gasteiger partial charge in [0.2, 0.25) is 0 Å². The quantitative estimate of drug-likeness (QED) is 0.837. The molecule has 7 heteroatoms. The highest BCUT2D eigenvalue weighted by Crippen LogP contribution is 2.25. The Labute approximate surface area is 117 Å². The van der Waals surface area contributed by atoms with Gasteiger partial charge in [-0.05, 0) is 42.5 Å². The lowest BCUT2D eigenvalue weighted by molar-refractivity contribution is -0.274. The second kappa shape index (κ2) is 5.90. The minimum absolute atomic E-state index is 0.0686. The fourth-order valence-corrected chi connectivity index (χ4v) is 1.67. The zero-order valence-corrected chi connectivity index (χ0v) is 10.6. The molecule has 2 rings (SSSR count). The van der Waals surface area contributed by atoms with E-state index in [0.29, 0.717) is 11.3 Å². The number of alkyl halides is 3. The van der Waals surface area contributed by atoms with Gasteiger partial charge in [0.15, 0.2) is 0 Å². The van der Waals surface area contributed by atoms with Crippen LogP contribution in [0.4, 0.5) is 23.2 Å². The third-order valence-electron chi connectivity index (χ3n) is 2.61. The van der Waals surface area contributed by atoms with Crippen LogP contribution in [0.15, 0.2) is 42.5 Å². The molecule has 2 aromatic rings. The number of hydrogen-bond donors (Lipinski definition) is 2. The van der Waals surface area contributed by atoms with E-state index in [0.717, 1.165) is 18.2 Å². The Morgan fingerprint density at radius 2 is 1.71 bits per heavy atom. The normalized spacial score (nSPS) is 11.2. The summed E-state index contributed by atoms with van der Waals surface area (Å²) in [6.07, 6.45) is -4.73. The monoisotopic (exact) mass is 301 g/mol. The Balaban J connectivity index is 1.99. The Kier molecular flexibility index (Phi) is 4.21. The van der Waals surface area contributed by atoms with Crippen LogP contribution in [0.25, 0.3) is 0 Å². The minimum atomic E-state index is -4.73. The lowest BCUT2D eigenvalue weighted by Gasteiger charge is -2.11. The van der Waals surface area contributed by atoms with E-state index in [1.54, 1.807) is 0 Å². The van der Waals surface area contributed by atoms with E-state index in [9.17, 15) is 22.7 Å². The van der Waals surface area contributed by atoms with Crippen LogP contribution in [0.2, 0.25) is 0 Å². The highest BCUT2D eigenvalue weighted by atomic mass is 19.4.